The first-order valence-electron chi connectivity index (χ1n) is 9.59. The molecular formula is C20H35IN4O3. The highest BCUT2D eigenvalue weighted by atomic mass is 127. The van der Waals surface area contributed by atoms with Gasteiger partial charge in [-0.3, -0.25) is 9.89 Å². The van der Waals surface area contributed by atoms with Gasteiger partial charge in [-0.25, -0.2) is 0 Å². The maximum Gasteiger partial charge on any atom is 0.191 e. The van der Waals surface area contributed by atoms with Crippen molar-refractivity contribution < 1.29 is 14.2 Å². The molecule has 1 aliphatic rings. The molecule has 1 heterocycles. The molecule has 0 amide bonds. The van der Waals surface area contributed by atoms with Crippen LogP contribution >= 0.6 is 24.0 Å². The summed E-state index contributed by atoms with van der Waals surface area (Å²) in [5.41, 5.74) is 1.05. The molecule has 1 saturated heterocycles. The number of hydrogen-bond acceptors (Lipinski definition) is 5. The summed E-state index contributed by atoms with van der Waals surface area (Å²) >= 11 is 0. The number of nitrogens with one attached hydrogen (secondary N) is 2. The third-order valence-corrected chi connectivity index (χ3v) is 4.60. The Balaban J connectivity index is 0.00000392. The van der Waals surface area contributed by atoms with Gasteiger partial charge in [-0.1, -0.05) is 0 Å². The average Bonchev–Trinajstić information content (AvgIpc) is 2.66. The van der Waals surface area contributed by atoms with E-state index in [0.29, 0.717) is 18.8 Å². The van der Waals surface area contributed by atoms with Gasteiger partial charge in [0.15, 0.2) is 5.96 Å². The molecule has 0 bridgehead atoms. The third kappa shape index (κ3) is 8.00. The number of benzene rings is 1. The van der Waals surface area contributed by atoms with E-state index in [0.717, 1.165) is 55.6 Å². The molecule has 0 radical (unpaired) electrons. The van der Waals surface area contributed by atoms with E-state index in [1.54, 1.807) is 21.3 Å². The predicted octanol–water partition coefficient (Wildman–Crippen LogP) is 2.49. The lowest BCUT2D eigenvalue weighted by molar-refractivity contribution is -0.0679. The summed E-state index contributed by atoms with van der Waals surface area (Å²) in [6, 6.07) is 5.82. The number of rotatable bonds is 8. The van der Waals surface area contributed by atoms with Gasteiger partial charge in [0.25, 0.3) is 0 Å². The second kappa shape index (κ2) is 13.1. The van der Waals surface area contributed by atoms with Crippen molar-refractivity contribution in [3.05, 3.63) is 23.8 Å². The van der Waals surface area contributed by atoms with Crippen LogP contribution in [-0.4, -0.2) is 70.5 Å². The Labute approximate surface area is 186 Å². The monoisotopic (exact) mass is 506 g/mol. The lowest BCUT2D eigenvalue weighted by Gasteiger charge is -2.35. The van der Waals surface area contributed by atoms with Crippen LogP contribution in [0.5, 0.6) is 11.5 Å². The van der Waals surface area contributed by atoms with Crippen molar-refractivity contribution in [2.45, 2.75) is 39.0 Å². The Morgan fingerprint density at radius 2 is 1.89 bits per heavy atom. The zero-order valence-electron chi connectivity index (χ0n) is 17.7. The fourth-order valence-corrected chi connectivity index (χ4v) is 3.37. The Bertz CT molecular complexity index is 605. The molecule has 1 fully saturated rings. The smallest absolute Gasteiger partial charge is 0.191 e. The Morgan fingerprint density at radius 1 is 1.18 bits per heavy atom. The summed E-state index contributed by atoms with van der Waals surface area (Å²) in [6.45, 7) is 8.86. The number of ether oxygens (including phenoxy) is 3. The van der Waals surface area contributed by atoms with E-state index in [4.69, 9.17) is 14.2 Å². The third-order valence-electron chi connectivity index (χ3n) is 4.60. The summed E-state index contributed by atoms with van der Waals surface area (Å²) in [5.74, 6) is 2.37. The molecule has 7 nitrogen and oxygen atoms in total. The van der Waals surface area contributed by atoms with Crippen molar-refractivity contribution in [2.75, 3.05) is 47.4 Å². The zero-order valence-corrected chi connectivity index (χ0v) is 20.0. The maximum absolute atomic E-state index is 5.78. The minimum atomic E-state index is 0. The lowest BCUT2D eigenvalue weighted by Crippen LogP contribution is -2.46. The number of morpholine rings is 1. The summed E-state index contributed by atoms with van der Waals surface area (Å²) in [7, 11) is 5.10. The van der Waals surface area contributed by atoms with Crippen LogP contribution < -0.4 is 20.1 Å². The highest BCUT2D eigenvalue weighted by molar-refractivity contribution is 14.0. The van der Waals surface area contributed by atoms with Gasteiger partial charge in [0.05, 0.1) is 26.4 Å². The first kappa shape index (κ1) is 24.8. The first-order valence-corrected chi connectivity index (χ1v) is 9.59. The number of aliphatic imine (C=N–C) groups is 1. The normalized spacial score (nSPS) is 20.2. The molecule has 2 N–H and O–H groups in total. The molecule has 0 aliphatic carbocycles. The molecule has 1 aliphatic heterocycles. The summed E-state index contributed by atoms with van der Waals surface area (Å²) in [6.07, 6.45) is 1.69. The van der Waals surface area contributed by atoms with Crippen LogP contribution in [0.15, 0.2) is 23.2 Å². The van der Waals surface area contributed by atoms with Crippen LogP contribution in [0.3, 0.4) is 0 Å². The van der Waals surface area contributed by atoms with Crippen molar-refractivity contribution in [1.29, 1.82) is 0 Å². The van der Waals surface area contributed by atoms with Gasteiger partial charge in [0, 0.05) is 51.4 Å². The molecule has 2 unspecified atom stereocenters. The Hall–Kier alpha value is -1.26. The Morgan fingerprint density at radius 3 is 2.50 bits per heavy atom. The summed E-state index contributed by atoms with van der Waals surface area (Å²) in [5, 5.41) is 6.71. The van der Waals surface area contributed by atoms with Crippen LogP contribution in [0.4, 0.5) is 0 Å². The van der Waals surface area contributed by atoms with Crippen LogP contribution in [0.1, 0.15) is 25.8 Å². The van der Waals surface area contributed by atoms with Crippen LogP contribution in [0.25, 0.3) is 0 Å². The van der Waals surface area contributed by atoms with Gasteiger partial charge < -0.3 is 24.8 Å². The topological polar surface area (TPSA) is 67.4 Å². The molecule has 1 aromatic carbocycles. The molecule has 0 saturated carbocycles. The number of halogens is 1. The number of hydrogen-bond donors (Lipinski definition) is 2. The average molecular weight is 506 g/mol. The highest BCUT2D eigenvalue weighted by Crippen LogP contribution is 2.24. The van der Waals surface area contributed by atoms with Gasteiger partial charge in [-0.2, -0.15) is 0 Å². The van der Waals surface area contributed by atoms with Crippen LogP contribution in [0.2, 0.25) is 0 Å². The van der Waals surface area contributed by atoms with E-state index in [2.05, 4.69) is 34.4 Å². The molecule has 8 heteroatoms. The molecule has 0 spiro atoms. The molecule has 0 aromatic heterocycles. The number of methoxy groups -OCH3 is 2. The molecule has 2 rings (SSSR count). The van der Waals surface area contributed by atoms with E-state index in [1.807, 2.05) is 18.2 Å². The second-order valence-electron chi connectivity index (χ2n) is 6.90. The molecule has 28 heavy (non-hydrogen) atoms. The van der Waals surface area contributed by atoms with Crippen molar-refractivity contribution >= 4 is 29.9 Å². The van der Waals surface area contributed by atoms with Crippen molar-refractivity contribution in [2.24, 2.45) is 4.99 Å². The van der Waals surface area contributed by atoms with Gasteiger partial charge in [-0.05, 0) is 32.4 Å². The van der Waals surface area contributed by atoms with Crippen LogP contribution in [-0.2, 0) is 11.3 Å². The van der Waals surface area contributed by atoms with Crippen LogP contribution in [0, 0.1) is 0 Å². The maximum atomic E-state index is 5.78. The quantitative estimate of drug-likeness (QED) is 0.245. The van der Waals surface area contributed by atoms with Gasteiger partial charge in [-0.15, -0.1) is 24.0 Å². The van der Waals surface area contributed by atoms with E-state index in [1.165, 1.54) is 0 Å². The fraction of sp³-hybridized carbons (Fsp3) is 0.650. The zero-order chi connectivity index (χ0) is 19.6. The molecule has 160 valence electrons. The minimum absolute atomic E-state index is 0. The van der Waals surface area contributed by atoms with Crippen molar-refractivity contribution in [3.8, 4) is 11.5 Å². The largest absolute Gasteiger partial charge is 0.497 e. The molecule has 1 aromatic rings. The van der Waals surface area contributed by atoms with Gasteiger partial charge in [0.1, 0.15) is 11.5 Å². The standard InChI is InChI=1S/C20H34N4O3.HI/c1-15-13-24(14-16(2)27-15)10-6-9-22-20(21-3)23-12-17-7-8-18(25-4)11-19(17)26-5;/h7-8,11,15-16H,6,9-10,12-14H2,1-5H3,(H2,21,22,23);1H. The van der Waals surface area contributed by atoms with E-state index >= 15 is 0 Å². The first-order chi connectivity index (χ1) is 13.0. The van der Waals surface area contributed by atoms with E-state index in [9.17, 15) is 0 Å². The lowest BCUT2D eigenvalue weighted by atomic mass is 10.2. The Kier molecular flexibility index (Phi) is 11.6. The van der Waals surface area contributed by atoms with Crippen molar-refractivity contribution in [1.82, 2.24) is 15.5 Å². The summed E-state index contributed by atoms with van der Waals surface area (Å²) in [4.78, 5) is 6.77. The SMILES string of the molecule is CN=C(NCCCN1CC(C)OC(C)C1)NCc1ccc(OC)cc1OC.I. The molecule has 2 atom stereocenters. The number of nitrogens with zero attached hydrogens (tertiary/aromatic N) is 2. The molecular weight excluding hydrogens is 471 g/mol. The van der Waals surface area contributed by atoms with Gasteiger partial charge in [0.2, 0.25) is 0 Å². The number of guanidine groups is 1. The van der Waals surface area contributed by atoms with E-state index < -0.39 is 0 Å². The second-order valence-corrected chi connectivity index (χ2v) is 6.90. The van der Waals surface area contributed by atoms with Gasteiger partial charge >= 0.3 is 0 Å². The highest BCUT2D eigenvalue weighted by Gasteiger charge is 2.21. The fourth-order valence-electron chi connectivity index (χ4n) is 3.37. The predicted molar refractivity (Wildman–Crippen MR) is 124 cm³/mol. The minimum Gasteiger partial charge on any atom is -0.497 e. The van der Waals surface area contributed by atoms with E-state index in [-0.39, 0.29) is 24.0 Å². The summed E-state index contributed by atoms with van der Waals surface area (Å²) < 4.78 is 16.5. The van der Waals surface area contributed by atoms with Crippen molar-refractivity contribution in [3.63, 3.8) is 0 Å².